The summed E-state index contributed by atoms with van der Waals surface area (Å²) in [6, 6.07) is 7.01. The van der Waals surface area contributed by atoms with E-state index in [0.717, 1.165) is 18.4 Å². The van der Waals surface area contributed by atoms with E-state index in [0.29, 0.717) is 18.5 Å². The summed E-state index contributed by atoms with van der Waals surface area (Å²) in [6.45, 7) is 1.53. The summed E-state index contributed by atoms with van der Waals surface area (Å²) in [5.74, 6) is -0.328. The second-order valence-corrected chi connectivity index (χ2v) is 5.95. The molecule has 3 amide bonds. The van der Waals surface area contributed by atoms with Gasteiger partial charge in [0.25, 0.3) is 0 Å². The molecule has 3 N–H and O–H groups in total. The van der Waals surface area contributed by atoms with Crippen molar-refractivity contribution in [3.63, 3.8) is 0 Å². The van der Waals surface area contributed by atoms with Crippen molar-refractivity contribution in [2.45, 2.75) is 44.8 Å². The Hall–Kier alpha value is -2.57. The lowest BCUT2D eigenvalue weighted by Gasteiger charge is -2.27. The molecular weight excluding hydrogens is 310 g/mol. The predicted octanol–water partition coefficient (Wildman–Crippen LogP) is 1.93. The third kappa shape index (κ3) is 4.47. The van der Waals surface area contributed by atoms with Crippen LogP contribution in [0.4, 0.5) is 10.5 Å². The van der Waals surface area contributed by atoms with Crippen molar-refractivity contribution in [2.75, 3.05) is 12.4 Å². The van der Waals surface area contributed by atoms with Crippen LogP contribution in [0.5, 0.6) is 0 Å². The quantitative estimate of drug-likeness (QED) is 0.767. The maximum atomic E-state index is 12.1. The number of hydrogen-bond donors (Lipinski definition) is 3. The molecule has 0 heterocycles. The zero-order valence-electron chi connectivity index (χ0n) is 14.0. The van der Waals surface area contributed by atoms with Crippen molar-refractivity contribution in [1.82, 2.24) is 10.6 Å². The van der Waals surface area contributed by atoms with Gasteiger partial charge in [0.15, 0.2) is 0 Å². The van der Waals surface area contributed by atoms with Gasteiger partial charge < -0.3 is 20.7 Å². The molecule has 130 valence electrons. The molecule has 1 saturated carbocycles. The molecule has 7 heteroatoms. The first-order valence-electron chi connectivity index (χ1n) is 7.99. The Kier molecular flexibility index (Phi) is 5.78. The van der Waals surface area contributed by atoms with Crippen LogP contribution >= 0.6 is 0 Å². The summed E-state index contributed by atoms with van der Waals surface area (Å²) < 4.78 is 5.21. The van der Waals surface area contributed by atoms with E-state index < -0.39 is 11.6 Å². The maximum absolute atomic E-state index is 12.1. The molecule has 0 aliphatic heterocycles. The first-order chi connectivity index (χ1) is 11.4. The second kappa shape index (κ2) is 7.81. The molecule has 1 aliphatic rings. The van der Waals surface area contributed by atoms with Crippen LogP contribution in [0.15, 0.2) is 24.3 Å². The number of anilines is 1. The lowest BCUT2D eigenvalue weighted by atomic mass is 9.97. The summed E-state index contributed by atoms with van der Waals surface area (Å²) in [7, 11) is 1.56. The van der Waals surface area contributed by atoms with Crippen molar-refractivity contribution in [3.05, 3.63) is 29.8 Å². The Morgan fingerprint density at radius 3 is 2.29 bits per heavy atom. The van der Waals surface area contributed by atoms with Crippen LogP contribution in [-0.2, 0) is 20.9 Å². The summed E-state index contributed by atoms with van der Waals surface area (Å²) >= 11 is 0. The van der Waals surface area contributed by atoms with Gasteiger partial charge in [-0.15, -0.1) is 0 Å². The van der Waals surface area contributed by atoms with Crippen LogP contribution in [0, 0.1) is 0 Å². The molecule has 1 fully saturated rings. The summed E-state index contributed by atoms with van der Waals surface area (Å²) in [5, 5.41) is 7.99. The zero-order valence-corrected chi connectivity index (χ0v) is 14.0. The van der Waals surface area contributed by atoms with Crippen molar-refractivity contribution < 1.29 is 19.1 Å². The minimum atomic E-state index is -0.860. The van der Waals surface area contributed by atoms with Gasteiger partial charge in [-0.3, -0.25) is 9.59 Å². The lowest BCUT2D eigenvalue weighted by molar-refractivity contribution is -0.126. The van der Waals surface area contributed by atoms with Gasteiger partial charge in [-0.2, -0.15) is 0 Å². The number of amides is 3. The first-order valence-corrected chi connectivity index (χ1v) is 7.99. The number of nitrogens with one attached hydrogen (secondary N) is 3. The zero-order chi connectivity index (χ0) is 17.6. The Labute approximate surface area is 141 Å². The number of hydrogen-bond acceptors (Lipinski definition) is 4. The van der Waals surface area contributed by atoms with Crippen LogP contribution < -0.4 is 16.0 Å². The van der Waals surface area contributed by atoms with Crippen LogP contribution in [0.3, 0.4) is 0 Å². The summed E-state index contributed by atoms with van der Waals surface area (Å²) in [4.78, 5) is 35.1. The van der Waals surface area contributed by atoms with E-state index in [2.05, 4.69) is 16.0 Å². The SMILES string of the molecule is CNC(=O)C1(NC(=O)OCc2ccc(NC(C)=O)cc2)CCCC1. The number of ether oxygens (including phenoxy) is 1. The molecule has 1 aromatic rings. The van der Waals surface area contributed by atoms with Crippen molar-refractivity contribution in [3.8, 4) is 0 Å². The maximum Gasteiger partial charge on any atom is 0.408 e. The van der Waals surface area contributed by atoms with E-state index in [1.807, 2.05) is 0 Å². The van der Waals surface area contributed by atoms with E-state index in [-0.39, 0.29) is 18.4 Å². The van der Waals surface area contributed by atoms with Crippen LogP contribution in [-0.4, -0.2) is 30.5 Å². The highest BCUT2D eigenvalue weighted by atomic mass is 16.5. The highest BCUT2D eigenvalue weighted by Crippen LogP contribution is 2.30. The molecule has 1 aliphatic carbocycles. The molecule has 0 radical (unpaired) electrons. The molecule has 0 aromatic heterocycles. The molecule has 2 rings (SSSR count). The molecule has 0 bridgehead atoms. The third-order valence-electron chi connectivity index (χ3n) is 4.10. The van der Waals surface area contributed by atoms with E-state index >= 15 is 0 Å². The molecule has 0 saturated heterocycles. The van der Waals surface area contributed by atoms with Gasteiger partial charge in [-0.1, -0.05) is 25.0 Å². The monoisotopic (exact) mass is 333 g/mol. The highest BCUT2D eigenvalue weighted by molar-refractivity contribution is 5.90. The molecule has 0 atom stereocenters. The lowest BCUT2D eigenvalue weighted by Crippen LogP contribution is -2.56. The Bertz CT molecular complexity index is 607. The first kappa shape index (κ1) is 17.8. The van der Waals surface area contributed by atoms with Gasteiger partial charge in [0.05, 0.1) is 0 Å². The van der Waals surface area contributed by atoms with Crippen molar-refractivity contribution in [2.24, 2.45) is 0 Å². The van der Waals surface area contributed by atoms with E-state index in [4.69, 9.17) is 4.74 Å². The minimum Gasteiger partial charge on any atom is -0.445 e. The van der Waals surface area contributed by atoms with E-state index in [1.165, 1.54) is 6.92 Å². The van der Waals surface area contributed by atoms with Gasteiger partial charge in [0.2, 0.25) is 11.8 Å². The minimum absolute atomic E-state index is 0.0933. The molecule has 7 nitrogen and oxygen atoms in total. The molecule has 1 aromatic carbocycles. The second-order valence-electron chi connectivity index (χ2n) is 5.95. The van der Waals surface area contributed by atoms with Gasteiger partial charge in [-0.25, -0.2) is 4.79 Å². The molecule has 24 heavy (non-hydrogen) atoms. The Balaban J connectivity index is 1.88. The topological polar surface area (TPSA) is 96.5 Å². The average molecular weight is 333 g/mol. The fraction of sp³-hybridized carbons (Fsp3) is 0.471. The van der Waals surface area contributed by atoms with Gasteiger partial charge in [-0.05, 0) is 30.5 Å². The largest absolute Gasteiger partial charge is 0.445 e. The van der Waals surface area contributed by atoms with Crippen LogP contribution in [0.1, 0.15) is 38.2 Å². The van der Waals surface area contributed by atoms with Crippen LogP contribution in [0.2, 0.25) is 0 Å². The normalized spacial score (nSPS) is 15.4. The van der Waals surface area contributed by atoms with Gasteiger partial charge in [0, 0.05) is 19.7 Å². The van der Waals surface area contributed by atoms with Crippen LogP contribution in [0.25, 0.3) is 0 Å². The summed E-state index contributed by atoms with van der Waals surface area (Å²) in [5.41, 5.74) is 0.612. The van der Waals surface area contributed by atoms with Crippen molar-refractivity contribution >= 4 is 23.6 Å². The fourth-order valence-corrected chi connectivity index (χ4v) is 2.89. The Morgan fingerprint density at radius 2 is 1.75 bits per heavy atom. The molecular formula is C17H23N3O4. The molecule has 0 unspecified atom stereocenters. The van der Waals surface area contributed by atoms with E-state index in [1.54, 1.807) is 31.3 Å². The number of rotatable bonds is 5. The number of benzene rings is 1. The van der Waals surface area contributed by atoms with Gasteiger partial charge >= 0.3 is 6.09 Å². The number of likely N-dealkylation sites (N-methyl/N-ethyl adjacent to an activating group) is 1. The smallest absolute Gasteiger partial charge is 0.408 e. The summed E-state index contributed by atoms with van der Waals surface area (Å²) in [6.07, 6.45) is 2.43. The highest BCUT2D eigenvalue weighted by Gasteiger charge is 2.42. The van der Waals surface area contributed by atoms with Crippen molar-refractivity contribution in [1.29, 1.82) is 0 Å². The van der Waals surface area contributed by atoms with E-state index in [9.17, 15) is 14.4 Å². The predicted molar refractivity (Wildman–Crippen MR) is 89.3 cm³/mol. The third-order valence-corrected chi connectivity index (χ3v) is 4.10. The Morgan fingerprint density at radius 1 is 1.12 bits per heavy atom. The number of carbonyl (C=O) groups is 3. The molecule has 0 spiro atoms. The van der Waals surface area contributed by atoms with Gasteiger partial charge in [0.1, 0.15) is 12.1 Å². The standard InChI is InChI=1S/C17H23N3O4/c1-12(21)19-14-7-5-13(6-8-14)11-24-16(23)20-17(15(22)18-2)9-3-4-10-17/h5-8H,3-4,9-11H2,1-2H3,(H,18,22)(H,19,21)(H,20,23). The number of carbonyl (C=O) groups excluding carboxylic acids is 3. The average Bonchev–Trinajstić information content (AvgIpc) is 3.02. The number of alkyl carbamates (subject to hydrolysis) is 1. The fourth-order valence-electron chi connectivity index (χ4n) is 2.89.